The van der Waals surface area contributed by atoms with Gasteiger partial charge in [-0.15, -0.1) is 0 Å². The third kappa shape index (κ3) is 5.67. The molecule has 0 atom stereocenters. The molecule has 128 valence electrons. The highest BCUT2D eigenvalue weighted by molar-refractivity contribution is 6.42. The highest BCUT2D eigenvalue weighted by atomic mass is 35.5. The Bertz CT molecular complexity index is 669. The van der Waals surface area contributed by atoms with Gasteiger partial charge in [-0.3, -0.25) is 9.69 Å². The molecule has 0 bridgehead atoms. The normalized spacial score (nSPS) is 10.9. The predicted molar refractivity (Wildman–Crippen MR) is 102 cm³/mol. The minimum Gasteiger partial charge on any atom is -0.322 e. The van der Waals surface area contributed by atoms with Gasteiger partial charge in [-0.2, -0.15) is 0 Å². The lowest BCUT2D eigenvalue weighted by Crippen LogP contribution is -2.33. The van der Waals surface area contributed by atoms with Crippen LogP contribution in [0.25, 0.3) is 0 Å². The van der Waals surface area contributed by atoms with Crippen molar-refractivity contribution < 1.29 is 4.79 Å². The first-order chi connectivity index (χ1) is 11.5. The van der Waals surface area contributed by atoms with Gasteiger partial charge in [0.2, 0.25) is 5.91 Å². The lowest BCUT2D eigenvalue weighted by molar-refractivity contribution is -0.117. The number of nitrogens with zero attached hydrogens (tertiary/aromatic N) is 1. The van der Waals surface area contributed by atoms with Crippen LogP contribution in [-0.4, -0.2) is 23.9 Å². The molecule has 0 saturated heterocycles. The largest absolute Gasteiger partial charge is 0.322 e. The number of anilines is 1. The number of hydrogen-bond acceptors (Lipinski definition) is 2. The van der Waals surface area contributed by atoms with Crippen molar-refractivity contribution in [2.24, 2.45) is 0 Å². The van der Waals surface area contributed by atoms with Crippen LogP contribution in [0.2, 0.25) is 15.1 Å². The van der Waals surface area contributed by atoms with E-state index in [1.54, 1.807) is 12.1 Å². The highest BCUT2D eigenvalue weighted by Crippen LogP contribution is 2.33. The van der Waals surface area contributed by atoms with Crippen molar-refractivity contribution in [3.63, 3.8) is 0 Å². The Morgan fingerprint density at radius 1 is 1.08 bits per heavy atom. The smallest absolute Gasteiger partial charge is 0.238 e. The van der Waals surface area contributed by atoms with Gasteiger partial charge in [-0.25, -0.2) is 0 Å². The molecule has 1 N–H and O–H groups in total. The number of benzene rings is 2. The average molecular weight is 386 g/mol. The molecular formula is C18H19Cl3N2O. The molecule has 0 aliphatic heterocycles. The Labute approximate surface area is 157 Å². The summed E-state index contributed by atoms with van der Waals surface area (Å²) in [6.07, 6.45) is 0.961. The number of amides is 1. The van der Waals surface area contributed by atoms with E-state index in [2.05, 4.69) is 17.1 Å². The Balaban J connectivity index is 2.03. The summed E-state index contributed by atoms with van der Waals surface area (Å²) in [6.45, 7) is 3.88. The summed E-state index contributed by atoms with van der Waals surface area (Å²) in [5.41, 5.74) is 1.56. The van der Waals surface area contributed by atoms with Gasteiger partial charge < -0.3 is 5.32 Å². The van der Waals surface area contributed by atoms with Crippen LogP contribution in [-0.2, 0) is 11.3 Å². The monoisotopic (exact) mass is 384 g/mol. The summed E-state index contributed by atoms with van der Waals surface area (Å²) in [6, 6.07) is 13.2. The van der Waals surface area contributed by atoms with Gasteiger partial charge >= 0.3 is 0 Å². The molecule has 2 aromatic rings. The summed E-state index contributed by atoms with van der Waals surface area (Å²) in [5, 5.41) is 3.86. The van der Waals surface area contributed by atoms with Crippen molar-refractivity contribution in [3.8, 4) is 0 Å². The lowest BCUT2D eigenvalue weighted by Gasteiger charge is -2.21. The minimum absolute atomic E-state index is 0.162. The Morgan fingerprint density at radius 2 is 1.71 bits per heavy atom. The molecule has 3 nitrogen and oxygen atoms in total. The zero-order valence-corrected chi connectivity index (χ0v) is 15.6. The molecule has 6 heteroatoms. The molecule has 2 aromatic carbocycles. The molecule has 0 radical (unpaired) electrons. The van der Waals surface area contributed by atoms with Crippen LogP contribution >= 0.6 is 34.8 Å². The van der Waals surface area contributed by atoms with Crippen LogP contribution in [0.4, 0.5) is 5.69 Å². The Kier molecular flexibility index (Phi) is 7.38. The van der Waals surface area contributed by atoms with E-state index >= 15 is 0 Å². The molecule has 0 spiro atoms. The SMILES string of the molecule is CCCN(CC(=O)Nc1c(Cl)cc(Cl)cc1Cl)Cc1ccccc1. The molecule has 0 unspecified atom stereocenters. The van der Waals surface area contributed by atoms with Crippen molar-refractivity contribution in [1.82, 2.24) is 4.90 Å². The third-order valence-electron chi connectivity index (χ3n) is 3.43. The number of nitrogens with one attached hydrogen (secondary N) is 1. The fourth-order valence-corrected chi connectivity index (χ4v) is 3.33. The third-order valence-corrected chi connectivity index (χ3v) is 4.24. The van der Waals surface area contributed by atoms with Gasteiger partial charge in [0.25, 0.3) is 0 Å². The first kappa shape index (κ1) is 19.1. The van der Waals surface area contributed by atoms with Gasteiger partial charge in [0.1, 0.15) is 0 Å². The first-order valence-corrected chi connectivity index (χ1v) is 8.83. The number of halogens is 3. The van der Waals surface area contributed by atoms with Gasteiger partial charge in [0.05, 0.1) is 22.3 Å². The van der Waals surface area contributed by atoms with Gasteiger partial charge in [0, 0.05) is 11.6 Å². The van der Waals surface area contributed by atoms with Crippen LogP contribution in [0.3, 0.4) is 0 Å². The number of carbonyl (C=O) groups is 1. The van der Waals surface area contributed by atoms with E-state index in [0.717, 1.165) is 13.0 Å². The summed E-state index contributed by atoms with van der Waals surface area (Å²) >= 11 is 18.1. The van der Waals surface area contributed by atoms with Crippen molar-refractivity contribution in [2.75, 3.05) is 18.4 Å². The van der Waals surface area contributed by atoms with Gasteiger partial charge in [0.15, 0.2) is 0 Å². The van der Waals surface area contributed by atoms with Crippen molar-refractivity contribution in [3.05, 3.63) is 63.1 Å². The maximum atomic E-state index is 12.4. The Hall–Kier alpha value is -1.26. The molecular weight excluding hydrogens is 367 g/mol. The highest BCUT2D eigenvalue weighted by Gasteiger charge is 2.14. The maximum Gasteiger partial charge on any atom is 0.238 e. The quantitative estimate of drug-likeness (QED) is 0.682. The van der Waals surface area contributed by atoms with Crippen molar-refractivity contribution >= 4 is 46.4 Å². The first-order valence-electron chi connectivity index (χ1n) is 7.70. The van der Waals surface area contributed by atoms with E-state index in [9.17, 15) is 4.79 Å². The second kappa shape index (κ2) is 9.28. The zero-order chi connectivity index (χ0) is 17.5. The number of carbonyl (C=O) groups excluding carboxylic acids is 1. The topological polar surface area (TPSA) is 32.3 Å². The van der Waals surface area contributed by atoms with E-state index in [-0.39, 0.29) is 12.5 Å². The second-order valence-electron chi connectivity index (χ2n) is 5.49. The molecule has 0 aliphatic carbocycles. The van der Waals surface area contributed by atoms with Crippen LogP contribution in [0.1, 0.15) is 18.9 Å². The maximum absolute atomic E-state index is 12.4. The van der Waals surface area contributed by atoms with Crippen LogP contribution in [0, 0.1) is 0 Å². The number of hydrogen-bond donors (Lipinski definition) is 1. The molecule has 0 fully saturated rings. The molecule has 1 amide bonds. The summed E-state index contributed by atoms with van der Waals surface area (Å²) in [7, 11) is 0. The minimum atomic E-state index is -0.162. The van der Waals surface area contributed by atoms with E-state index in [1.165, 1.54) is 5.56 Å². The summed E-state index contributed by atoms with van der Waals surface area (Å²) in [4.78, 5) is 14.5. The fraction of sp³-hybridized carbons (Fsp3) is 0.278. The van der Waals surface area contributed by atoms with E-state index < -0.39 is 0 Å². The van der Waals surface area contributed by atoms with E-state index in [1.807, 2.05) is 30.3 Å². The average Bonchev–Trinajstić information content (AvgIpc) is 2.52. The van der Waals surface area contributed by atoms with Crippen LogP contribution in [0.15, 0.2) is 42.5 Å². The molecule has 0 aromatic heterocycles. The lowest BCUT2D eigenvalue weighted by atomic mass is 10.2. The summed E-state index contributed by atoms with van der Waals surface area (Å²) in [5.74, 6) is -0.162. The molecule has 2 rings (SSSR count). The predicted octanol–water partition coefficient (Wildman–Crippen LogP) is 5.50. The van der Waals surface area contributed by atoms with Crippen LogP contribution < -0.4 is 5.32 Å². The second-order valence-corrected chi connectivity index (χ2v) is 6.74. The van der Waals surface area contributed by atoms with Crippen molar-refractivity contribution in [1.29, 1.82) is 0 Å². The molecule has 0 aliphatic rings. The van der Waals surface area contributed by atoms with E-state index in [4.69, 9.17) is 34.8 Å². The molecule has 0 heterocycles. The van der Waals surface area contributed by atoms with Crippen LogP contribution in [0.5, 0.6) is 0 Å². The van der Waals surface area contributed by atoms with Gasteiger partial charge in [-0.1, -0.05) is 72.1 Å². The molecule has 0 saturated carbocycles. The van der Waals surface area contributed by atoms with E-state index in [0.29, 0.717) is 27.3 Å². The number of rotatable bonds is 7. The fourth-order valence-electron chi connectivity index (χ4n) is 2.42. The Morgan fingerprint density at radius 3 is 2.29 bits per heavy atom. The standard InChI is InChI=1S/C18H19Cl3N2O/c1-2-8-23(11-13-6-4-3-5-7-13)12-17(24)22-18-15(20)9-14(19)10-16(18)21/h3-7,9-10H,2,8,11-12H2,1H3,(H,22,24). The zero-order valence-electron chi connectivity index (χ0n) is 13.4. The van der Waals surface area contributed by atoms with Gasteiger partial charge in [-0.05, 0) is 30.7 Å². The molecule has 24 heavy (non-hydrogen) atoms. The summed E-state index contributed by atoms with van der Waals surface area (Å²) < 4.78 is 0. The van der Waals surface area contributed by atoms with Crippen molar-refractivity contribution in [2.45, 2.75) is 19.9 Å².